The number of allylic oxidation sites excluding steroid dienone is 5. The van der Waals surface area contributed by atoms with Gasteiger partial charge in [0.15, 0.2) is 0 Å². The summed E-state index contributed by atoms with van der Waals surface area (Å²) in [6, 6.07) is 10.3. The van der Waals surface area contributed by atoms with Crippen LogP contribution in [-0.2, 0) is 9.53 Å². The number of hydrogen-bond donors (Lipinski definition) is 0. The highest BCUT2D eigenvalue weighted by atomic mass is 16.5. The lowest BCUT2D eigenvalue weighted by molar-refractivity contribution is -0.136. The minimum atomic E-state index is -0.261. The van der Waals surface area contributed by atoms with E-state index >= 15 is 0 Å². The molecule has 110 valence electrons. The molecule has 1 atom stereocenters. The van der Waals surface area contributed by atoms with Crippen LogP contribution in [0.15, 0.2) is 58.9 Å². The van der Waals surface area contributed by atoms with Crippen molar-refractivity contribution < 1.29 is 9.53 Å². The van der Waals surface area contributed by atoms with Crippen molar-refractivity contribution in [3.63, 3.8) is 0 Å². The van der Waals surface area contributed by atoms with Crippen molar-refractivity contribution in [2.24, 2.45) is 5.92 Å². The van der Waals surface area contributed by atoms with Crippen LogP contribution in [0.4, 0.5) is 0 Å². The van der Waals surface area contributed by atoms with E-state index in [1.165, 1.54) is 23.6 Å². The van der Waals surface area contributed by atoms with Gasteiger partial charge in [-0.2, -0.15) is 0 Å². The second-order valence-corrected chi connectivity index (χ2v) is 5.54. The lowest BCUT2D eigenvalue weighted by atomic mass is 9.89. The number of benzene rings is 1. The summed E-state index contributed by atoms with van der Waals surface area (Å²) in [5, 5.41) is 0. The molecular formula is C19H22O2. The van der Waals surface area contributed by atoms with Gasteiger partial charge in [-0.05, 0) is 38.3 Å². The first-order chi connectivity index (χ1) is 9.99. The Balaban J connectivity index is 2.31. The molecule has 0 heterocycles. The van der Waals surface area contributed by atoms with Crippen LogP contribution in [0.25, 0.3) is 6.08 Å². The van der Waals surface area contributed by atoms with E-state index in [9.17, 15) is 4.79 Å². The predicted octanol–water partition coefficient (Wildman–Crippen LogP) is 4.89. The van der Waals surface area contributed by atoms with Crippen molar-refractivity contribution in [1.82, 2.24) is 0 Å². The maximum atomic E-state index is 11.2. The summed E-state index contributed by atoms with van der Waals surface area (Å²) in [7, 11) is 0. The fourth-order valence-electron chi connectivity index (χ4n) is 2.92. The summed E-state index contributed by atoms with van der Waals surface area (Å²) in [5.41, 5.74) is 4.84. The average Bonchev–Trinajstić information content (AvgIpc) is 2.81. The van der Waals surface area contributed by atoms with Crippen LogP contribution in [0.3, 0.4) is 0 Å². The molecule has 1 aliphatic carbocycles. The van der Waals surface area contributed by atoms with Crippen molar-refractivity contribution in [2.45, 2.75) is 34.1 Å². The van der Waals surface area contributed by atoms with E-state index in [0.29, 0.717) is 5.92 Å². The summed E-state index contributed by atoms with van der Waals surface area (Å²) < 4.78 is 5.31. The molecule has 2 rings (SSSR count). The normalized spacial score (nSPS) is 21.0. The molecule has 21 heavy (non-hydrogen) atoms. The lowest BCUT2D eigenvalue weighted by Gasteiger charge is -2.18. The summed E-state index contributed by atoms with van der Waals surface area (Å²) in [6.07, 6.45) is 5.39. The SMILES string of the molecule is CC(=O)O/C(C)=C1\C(C)=CCC1/C(C)=C/c1ccccc1. The van der Waals surface area contributed by atoms with E-state index in [2.05, 4.69) is 38.1 Å². The topological polar surface area (TPSA) is 26.3 Å². The van der Waals surface area contributed by atoms with Crippen LogP contribution < -0.4 is 0 Å². The first-order valence-corrected chi connectivity index (χ1v) is 7.28. The Kier molecular flexibility index (Phi) is 4.79. The van der Waals surface area contributed by atoms with Gasteiger partial charge in [0.05, 0.1) is 0 Å². The lowest BCUT2D eigenvalue weighted by Crippen LogP contribution is -2.07. The van der Waals surface area contributed by atoms with E-state index in [0.717, 1.165) is 17.8 Å². The monoisotopic (exact) mass is 282 g/mol. The van der Waals surface area contributed by atoms with E-state index in [4.69, 9.17) is 4.74 Å². The quantitative estimate of drug-likeness (QED) is 0.582. The second-order valence-electron chi connectivity index (χ2n) is 5.54. The molecule has 2 nitrogen and oxygen atoms in total. The van der Waals surface area contributed by atoms with Gasteiger partial charge in [-0.3, -0.25) is 4.79 Å². The first kappa shape index (κ1) is 15.3. The minimum Gasteiger partial charge on any atom is -0.431 e. The third kappa shape index (κ3) is 3.72. The zero-order valence-corrected chi connectivity index (χ0v) is 13.1. The number of esters is 1. The highest BCUT2D eigenvalue weighted by Gasteiger charge is 2.25. The Morgan fingerprint density at radius 2 is 1.86 bits per heavy atom. The van der Waals surface area contributed by atoms with Crippen LogP contribution in [0, 0.1) is 5.92 Å². The van der Waals surface area contributed by atoms with Crippen molar-refractivity contribution >= 4 is 12.0 Å². The number of hydrogen-bond acceptors (Lipinski definition) is 2. The van der Waals surface area contributed by atoms with Crippen LogP contribution in [0.5, 0.6) is 0 Å². The van der Waals surface area contributed by atoms with Crippen LogP contribution in [0.1, 0.15) is 39.7 Å². The molecule has 0 bridgehead atoms. The van der Waals surface area contributed by atoms with Crippen molar-refractivity contribution in [2.75, 3.05) is 0 Å². The van der Waals surface area contributed by atoms with Gasteiger partial charge in [0.1, 0.15) is 5.76 Å². The van der Waals surface area contributed by atoms with Crippen LogP contribution in [-0.4, -0.2) is 5.97 Å². The highest BCUT2D eigenvalue weighted by Crippen LogP contribution is 2.38. The molecule has 0 saturated carbocycles. The molecule has 1 aliphatic rings. The minimum absolute atomic E-state index is 0.261. The Hall–Kier alpha value is -2.09. The maximum Gasteiger partial charge on any atom is 0.307 e. The average molecular weight is 282 g/mol. The molecule has 0 amide bonds. The summed E-state index contributed by atoms with van der Waals surface area (Å²) in [4.78, 5) is 11.2. The second kappa shape index (κ2) is 6.57. The molecule has 0 spiro atoms. The number of carbonyl (C=O) groups is 1. The standard InChI is InChI=1S/C19H22O2/c1-13-10-11-18(19(13)15(3)21-16(4)20)14(2)12-17-8-6-5-7-9-17/h5-10,12,18H,11H2,1-4H3/b14-12+,19-15+. The molecule has 0 aromatic heterocycles. The number of ether oxygens (including phenoxy) is 1. The Morgan fingerprint density at radius 3 is 2.48 bits per heavy atom. The molecule has 1 aromatic carbocycles. The predicted molar refractivity (Wildman–Crippen MR) is 86.4 cm³/mol. The molecule has 0 fully saturated rings. The van der Waals surface area contributed by atoms with E-state index < -0.39 is 0 Å². The maximum absolute atomic E-state index is 11.2. The molecule has 0 saturated heterocycles. The Bertz CT molecular complexity index is 618. The van der Waals surface area contributed by atoms with Gasteiger partial charge in [0, 0.05) is 18.4 Å². The molecule has 0 N–H and O–H groups in total. The van der Waals surface area contributed by atoms with Crippen LogP contribution >= 0.6 is 0 Å². The number of rotatable bonds is 3. The van der Waals surface area contributed by atoms with Crippen molar-refractivity contribution in [3.8, 4) is 0 Å². The van der Waals surface area contributed by atoms with E-state index in [-0.39, 0.29) is 5.97 Å². The van der Waals surface area contributed by atoms with E-state index in [1.54, 1.807) is 0 Å². The van der Waals surface area contributed by atoms with Gasteiger partial charge in [-0.1, -0.05) is 48.1 Å². The third-order valence-corrected chi connectivity index (χ3v) is 3.85. The fourth-order valence-corrected chi connectivity index (χ4v) is 2.92. The molecule has 1 unspecified atom stereocenters. The largest absolute Gasteiger partial charge is 0.431 e. The third-order valence-electron chi connectivity index (χ3n) is 3.85. The van der Waals surface area contributed by atoms with Gasteiger partial charge >= 0.3 is 5.97 Å². The highest BCUT2D eigenvalue weighted by molar-refractivity contribution is 5.68. The molecular weight excluding hydrogens is 260 g/mol. The van der Waals surface area contributed by atoms with Gasteiger partial charge in [-0.15, -0.1) is 0 Å². The first-order valence-electron chi connectivity index (χ1n) is 7.28. The molecule has 0 aliphatic heterocycles. The zero-order chi connectivity index (χ0) is 15.4. The summed E-state index contributed by atoms with van der Waals surface area (Å²) >= 11 is 0. The van der Waals surface area contributed by atoms with Gasteiger partial charge in [0.2, 0.25) is 0 Å². The van der Waals surface area contributed by atoms with Gasteiger partial charge in [0.25, 0.3) is 0 Å². The molecule has 2 heteroatoms. The van der Waals surface area contributed by atoms with Crippen molar-refractivity contribution in [3.05, 3.63) is 64.4 Å². The van der Waals surface area contributed by atoms with E-state index in [1.807, 2.05) is 25.1 Å². The Labute approximate surface area is 126 Å². The van der Waals surface area contributed by atoms with Crippen LogP contribution in [0.2, 0.25) is 0 Å². The van der Waals surface area contributed by atoms with Gasteiger partial charge in [-0.25, -0.2) is 0 Å². The smallest absolute Gasteiger partial charge is 0.307 e. The molecule has 0 radical (unpaired) electrons. The van der Waals surface area contributed by atoms with Crippen molar-refractivity contribution in [1.29, 1.82) is 0 Å². The summed E-state index contributed by atoms with van der Waals surface area (Å²) in [5.74, 6) is 0.757. The number of carbonyl (C=O) groups excluding carboxylic acids is 1. The summed E-state index contributed by atoms with van der Waals surface area (Å²) in [6.45, 7) is 7.55. The Morgan fingerprint density at radius 1 is 1.19 bits per heavy atom. The fraction of sp³-hybridized carbons (Fsp3) is 0.316. The zero-order valence-electron chi connectivity index (χ0n) is 13.1. The molecule has 1 aromatic rings. The van der Waals surface area contributed by atoms with Gasteiger partial charge < -0.3 is 4.74 Å².